The van der Waals surface area contributed by atoms with E-state index in [-0.39, 0.29) is 0 Å². The van der Waals surface area contributed by atoms with Crippen LogP contribution in [0.5, 0.6) is 0 Å². The number of rotatable bonds is 7. The summed E-state index contributed by atoms with van der Waals surface area (Å²) in [6.07, 6.45) is 15.0. The SMILES string of the molecule is CCCCCCCCCC.c1ccncc1. The quantitative estimate of drug-likeness (QED) is 0.575. The van der Waals surface area contributed by atoms with Crippen LogP contribution in [0.1, 0.15) is 65.2 Å². The third kappa shape index (κ3) is 13.2. The molecular weight excluding hydrogens is 194 g/mol. The summed E-state index contributed by atoms with van der Waals surface area (Å²) in [6.45, 7) is 4.54. The van der Waals surface area contributed by atoms with Crippen LogP contribution in [0.15, 0.2) is 30.6 Å². The van der Waals surface area contributed by atoms with E-state index < -0.39 is 0 Å². The Kier molecular flexibility index (Phi) is 13.4. The van der Waals surface area contributed by atoms with E-state index in [2.05, 4.69) is 18.8 Å². The van der Waals surface area contributed by atoms with Gasteiger partial charge in [0, 0.05) is 12.4 Å². The average molecular weight is 221 g/mol. The first kappa shape index (κ1) is 15.2. The molecule has 0 saturated carbocycles. The molecule has 16 heavy (non-hydrogen) atoms. The fourth-order valence-electron chi connectivity index (χ4n) is 1.52. The minimum absolute atomic E-state index is 1.37. The van der Waals surface area contributed by atoms with Crippen molar-refractivity contribution < 1.29 is 0 Å². The van der Waals surface area contributed by atoms with Crippen molar-refractivity contribution in [2.24, 2.45) is 0 Å². The highest BCUT2D eigenvalue weighted by Crippen LogP contribution is 2.07. The molecular formula is C15H27N. The van der Waals surface area contributed by atoms with Crippen LogP contribution in [0.25, 0.3) is 0 Å². The van der Waals surface area contributed by atoms with Crippen LogP contribution < -0.4 is 0 Å². The monoisotopic (exact) mass is 221 g/mol. The van der Waals surface area contributed by atoms with E-state index in [1.165, 1.54) is 51.4 Å². The Bertz CT molecular complexity index is 161. The zero-order valence-electron chi connectivity index (χ0n) is 11.0. The van der Waals surface area contributed by atoms with Crippen LogP contribution >= 0.6 is 0 Å². The van der Waals surface area contributed by atoms with E-state index in [1.807, 2.05) is 18.2 Å². The van der Waals surface area contributed by atoms with Gasteiger partial charge in [-0.1, -0.05) is 71.3 Å². The highest BCUT2D eigenvalue weighted by Gasteiger charge is 1.87. The molecule has 0 fully saturated rings. The van der Waals surface area contributed by atoms with Gasteiger partial charge in [0.25, 0.3) is 0 Å². The highest BCUT2D eigenvalue weighted by atomic mass is 14.6. The molecule has 1 aromatic rings. The van der Waals surface area contributed by atoms with Gasteiger partial charge in [0.15, 0.2) is 0 Å². The van der Waals surface area contributed by atoms with Crippen molar-refractivity contribution in [1.29, 1.82) is 0 Å². The molecule has 0 spiro atoms. The molecule has 0 N–H and O–H groups in total. The highest BCUT2D eigenvalue weighted by molar-refractivity contribution is 4.88. The molecule has 0 amide bonds. The Morgan fingerprint density at radius 1 is 0.625 bits per heavy atom. The third-order valence-electron chi connectivity index (χ3n) is 2.52. The van der Waals surface area contributed by atoms with Crippen molar-refractivity contribution in [3.8, 4) is 0 Å². The second-order valence-electron chi connectivity index (χ2n) is 4.15. The van der Waals surface area contributed by atoms with Crippen LogP contribution in [-0.2, 0) is 0 Å². The predicted molar refractivity (Wildman–Crippen MR) is 72.5 cm³/mol. The van der Waals surface area contributed by atoms with Crippen molar-refractivity contribution in [2.75, 3.05) is 0 Å². The number of aromatic nitrogens is 1. The molecule has 1 heterocycles. The van der Waals surface area contributed by atoms with Crippen LogP contribution in [0.3, 0.4) is 0 Å². The number of pyridine rings is 1. The van der Waals surface area contributed by atoms with Crippen LogP contribution in [-0.4, -0.2) is 4.98 Å². The fraction of sp³-hybridized carbons (Fsp3) is 0.667. The van der Waals surface area contributed by atoms with Gasteiger partial charge in [-0.2, -0.15) is 0 Å². The van der Waals surface area contributed by atoms with Crippen molar-refractivity contribution in [3.05, 3.63) is 30.6 Å². The lowest BCUT2D eigenvalue weighted by Gasteiger charge is -1.97. The Morgan fingerprint density at radius 2 is 1.06 bits per heavy atom. The first-order valence-corrected chi connectivity index (χ1v) is 6.76. The van der Waals surface area contributed by atoms with E-state index in [4.69, 9.17) is 0 Å². The summed E-state index contributed by atoms with van der Waals surface area (Å²) in [7, 11) is 0. The van der Waals surface area contributed by atoms with E-state index in [0.29, 0.717) is 0 Å². The van der Waals surface area contributed by atoms with Gasteiger partial charge in [-0.15, -0.1) is 0 Å². The smallest absolute Gasteiger partial charge is 0.0267 e. The van der Waals surface area contributed by atoms with Crippen molar-refractivity contribution in [3.63, 3.8) is 0 Å². The molecule has 1 rings (SSSR count). The van der Waals surface area contributed by atoms with E-state index in [9.17, 15) is 0 Å². The zero-order valence-corrected chi connectivity index (χ0v) is 11.0. The molecule has 0 aliphatic carbocycles. The number of unbranched alkanes of at least 4 members (excludes halogenated alkanes) is 7. The molecule has 0 aliphatic rings. The van der Waals surface area contributed by atoms with Gasteiger partial charge in [0.1, 0.15) is 0 Å². The van der Waals surface area contributed by atoms with Crippen molar-refractivity contribution >= 4 is 0 Å². The minimum Gasteiger partial charge on any atom is -0.265 e. The maximum Gasteiger partial charge on any atom is 0.0267 e. The Hall–Kier alpha value is -0.850. The largest absolute Gasteiger partial charge is 0.265 e. The second kappa shape index (κ2) is 14.2. The Labute approximate surface area is 101 Å². The molecule has 0 radical (unpaired) electrons. The molecule has 0 unspecified atom stereocenters. The number of nitrogens with zero attached hydrogens (tertiary/aromatic N) is 1. The van der Waals surface area contributed by atoms with E-state index in [1.54, 1.807) is 12.4 Å². The maximum atomic E-state index is 3.78. The molecule has 0 atom stereocenters. The minimum atomic E-state index is 1.37. The summed E-state index contributed by atoms with van der Waals surface area (Å²) in [5.41, 5.74) is 0. The first-order chi connectivity index (χ1) is 7.91. The lowest BCUT2D eigenvalue weighted by atomic mass is 10.1. The molecule has 0 aliphatic heterocycles. The predicted octanol–water partition coefficient (Wildman–Crippen LogP) is 5.23. The van der Waals surface area contributed by atoms with Gasteiger partial charge in [0.2, 0.25) is 0 Å². The summed E-state index contributed by atoms with van der Waals surface area (Å²) < 4.78 is 0. The molecule has 1 heteroatoms. The summed E-state index contributed by atoms with van der Waals surface area (Å²) in [5, 5.41) is 0. The molecule has 0 saturated heterocycles. The molecule has 0 aromatic carbocycles. The zero-order chi connectivity index (χ0) is 11.9. The summed E-state index contributed by atoms with van der Waals surface area (Å²) in [4.78, 5) is 3.78. The Balaban J connectivity index is 0.000000315. The lowest BCUT2D eigenvalue weighted by molar-refractivity contribution is 0.585. The summed E-state index contributed by atoms with van der Waals surface area (Å²) >= 11 is 0. The topological polar surface area (TPSA) is 12.9 Å². The summed E-state index contributed by atoms with van der Waals surface area (Å²) in [6, 6.07) is 5.72. The van der Waals surface area contributed by atoms with Crippen LogP contribution in [0.4, 0.5) is 0 Å². The molecule has 92 valence electrons. The second-order valence-corrected chi connectivity index (χ2v) is 4.15. The van der Waals surface area contributed by atoms with Gasteiger partial charge >= 0.3 is 0 Å². The van der Waals surface area contributed by atoms with Gasteiger partial charge in [-0.25, -0.2) is 0 Å². The fourth-order valence-corrected chi connectivity index (χ4v) is 1.52. The van der Waals surface area contributed by atoms with Gasteiger partial charge < -0.3 is 0 Å². The third-order valence-corrected chi connectivity index (χ3v) is 2.52. The van der Waals surface area contributed by atoms with Gasteiger partial charge in [0.05, 0.1) is 0 Å². The maximum absolute atomic E-state index is 3.78. The normalized spacial score (nSPS) is 9.38. The standard InChI is InChI=1S/C10H22.C5H5N/c1-3-5-7-9-10-8-6-4-2;1-2-4-6-5-3-1/h3-10H2,1-2H3;1-5H. The van der Waals surface area contributed by atoms with E-state index >= 15 is 0 Å². The lowest BCUT2D eigenvalue weighted by Crippen LogP contribution is -1.77. The van der Waals surface area contributed by atoms with Crippen LogP contribution in [0, 0.1) is 0 Å². The molecule has 0 bridgehead atoms. The van der Waals surface area contributed by atoms with Crippen molar-refractivity contribution in [2.45, 2.75) is 65.2 Å². The van der Waals surface area contributed by atoms with Gasteiger partial charge in [-0.05, 0) is 12.1 Å². The van der Waals surface area contributed by atoms with Gasteiger partial charge in [-0.3, -0.25) is 4.98 Å². The summed E-state index contributed by atoms with van der Waals surface area (Å²) in [5.74, 6) is 0. The van der Waals surface area contributed by atoms with Crippen LogP contribution in [0.2, 0.25) is 0 Å². The number of hydrogen-bond donors (Lipinski definition) is 0. The first-order valence-electron chi connectivity index (χ1n) is 6.76. The molecule has 1 aromatic heterocycles. The molecule has 1 nitrogen and oxygen atoms in total. The van der Waals surface area contributed by atoms with E-state index in [0.717, 1.165) is 0 Å². The van der Waals surface area contributed by atoms with Crippen molar-refractivity contribution in [1.82, 2.24) is 4.98 Å². The Morgan fingerprint density at radius 3 is 1.31 bits per heavy atom. The number of hydrogen-bond acceptors (Lipinski definition) is 1. The average Bonchev–Trinajstić information content (AvgIpc) is 2.37.